The van der Waals surface area contributed by atoms with Gasteiger partial charge >= 0.3 is 0 Å². The van der Waals surface area contributed by atoms with E-state index in [0.29, 0.717) is 23.2 Å². The summed E-state index contributed by atoms with van der Waals surface area (Å²) < 4.78 is 0. The Hall–Kier alpha value is -1.90. The van der Waals surface area contributed by atoms with E-state index in [9.17, 15) is 0 Å². The SMILES string of the molecule is C=CNC(C(=C)N1C[C@H]2[C@@H](C1C(=C)NC(CCCC)C(=C)C(=C)C)C2(C)CC)C1CCCCC1. The summed E-state index contributed by atoms with van der Waals surface area (Å²) in [6.45, 7) is 32.1. The molecule has 4 unspecified atom stereocenters. The van der Waals surface area contributed by atoms with Crippen LogP contribution in [0.3, 0.4) is 0 Å². The zero-order valence-corrected chi connectivity index (χ0v) is 22.6. The molecule has 0 radical (unpaired) electrons. The number of unbranched alkanes of at least 4 members (excludes halogenated alkanes) is 1. The van der Waals surface area contributed by atoms with Gasteiger partial charge in [0, 0.05) is 17.9 Å². The van der Waals surface area contributed by atoms with E-state index in [1.54, 1.807) is 0 Å². The predicted molar refractivity (Wildman–Crippen MR) is 148 cm³/mol. The van der Waals surface area contributed by atoms with E-state index >= 15 is 0 Å². The lowest BCUT2D eigenvalue weighted by molar-refractivity contribution is 0.196. The largest absolute Gasteiger partial charge is 0.383 e. The van der Waals surface area contributed by atoms with Crippen LogP contribution in [0.1, 0.15) is 85.5 Å². The molecule has 0 bridgehead atoms. The van der Waals surface area contributed by atoms with E-state index in [1.165, 1.54) is 57.1 Å². The molecule has 6 atom stereocenters. The van der Waals surface area contributed by atoms with Crippen LogP contribution in [0.15, 0.2) is 61.6 Å². The van der Waals surface area contributed by atoms with Gasteiger partial charge in [0.25, 0.3) is 0 Å². The average Bonchev–Trinajstić information content (AvgIpc) is 3.19. The van der Waals surface area contributed by atoms with Crippen molar-refractivity contribution >= 4 is 0 Å². The maximum atomic E-state index is 4.70. The predicted octanol–water partition coefficient (Wildman–Crippen LogP) is 7.32. The van der Waals surface area contributed by atoms with Crippen LogP contribution in [0.4, 0.5) is 0 Å². The summed E-state index contributed by atoms with van der Waals surface area (Å²) in [6, 6.07) is 0.744. The van der Waals surface area contributed by atoms with Gasteiger partial charge in [-0.2, -0.15) is 0 Å². The van der Waals surface area contributed by atoms with Crippen LogP contribution in [0.25, 0.3) is 0 Å². The van der Waals surface area contributed by atoms with E-state index in [-0.39, 0.29) is 18.1 Å². The molecule has 0 aromatic rings. The van der Waals surface area contributed by atoms with Crippen LogP contribution in [0.2, 0.25) is 0 Å². The van der Waals surface area contributed by atoms with Gasteiger partial charge in [-0.25, -0.2) is 0 Å². The highest BCUT2D eigenvalue weighted by Gasteiger charge is 2.69. The zero-order chi connectivity index (χ0) is 25.0. The molecule has 2 N–H and O–H groups in total. The van der Waals surface area contributed by atoms with E-state index in [4.69, 9.17) is 6.58 Å². The first-order chi connectivity index (χ1) is 16.2. The Morgan fingerprint density at radius 1 is 1.12 bits per heavy atom. The molecule has 3 aliphatic rings. The van der Waals surface area contributed by atoms with Gasteiger partial charge in [-0.05, 0) is 61.1 Å². The van der Waals surface area contributed by atoms with Gasteiger partial charge in [0.2, 0.25) is 0 Å². The molecule has 1 saturated heterocycles. The molecule has 2 aliphatic carbocycles. The first kappa shape index (κ1) is 26.7. The minimum atomic E-state index is 0.200. The van der Waals surface area contributed by atoms with Gasteiger partial charge in [-0.1, -0.05) is 97.8 Å². The Bertz CT molecular complexity index is 788. The fourth-order valence-electron chi connectivity index (χ4n) is 6.95. The van der Waals surface area contributed by atoms with Crippen LogP contribution >= 0.6 is 0 Å². The Balaban J connectivity index is 1.83. The van der Waals surface area contributed by atoms with Gasteiger partial charge in [0.05, 0.1) is 18.1 Å². The van der Waals surface area contributed by atoms with E-state index in [2.05, 4.69) is 69.5 Å². The molecule has 3 rings (SSSR count). The Morgan fingerprint density at radius 3 is 2.35 bits per heavy atom. The van der Waals surface area contributed by atoms with Crippen LogP contribution in [-0.2, 0) is 0 Å². The Labute approximate surface area is 210 Å². The third-order valence-corrected chi connectivity index (χ3v) is 9.44. The van der Waals surface area contributed by atoms with Crippen LogP contribution < -0.4 is 10.6 Å². The monoisotopic (exact) mass is 465 g/mol. The van der Waals surface area contributed by atoms with E-state index < -0.39 is 0 Å². The molecule has 0 amide bonds. The fourth-order valence-corrected chi connectivity index (χ4v) is 6.95. The topological polar surface area (TPSA) is 27.3 Å². The maximum absolute atomic E-state index is 4.70. The molecule has 0 aromatic heterocycles. The summed E-state index contributed by atoms with van der Waals surface area (Å²) in [6.07, 6.45) is 13.1. The minimum absolute atomic E-state index is 0.200. The normalized spacial score (nSPS) is 30.1. The molecule has 3 nitrogen and oxygen atoms in total. The fraction of sp³-hybridized carbons (Fsp3) is 0.677. The van der Waals surface area contributed by atoms with Crippen molar-refractivity contribution in [2.24, 2.45) is 23.2 Å². The summed E-state index contributed by atoms with van der Waals surface area (Å²) in [7, 11) is 0. The number of nitrogens with one attached hydrogen (secondary N) is 2. The van der Waals surface area contributed by atoms with Crippen LogP contribution in [-0.4, -0.2) is 29.6 Å². The van der Waals surface area contributed by atoms with E-state index in [1.807, 2.05) is 6.20 Å². The summed E-state index contributed by atoms with van der Waals surface area (Å²) in [5.41, 5.74) is 4.94. The number of fused-ring (bicyclic) bond motifs is 1. The van der Waals surface area contributed by atoms with Crippen LogP contribution in [0, 0.1) is 23.2 Å². The van der Waals surface area contributed by atoms with Crippen LogP contribution in [0.5, 0.6) is 0 Å². The first-order valence-electron chi connectivity index (χ1n) is 13.8. The average molecular weight is 466 g/mol. The second-order valence-corrected chi connectivity index (χ2v) is 11.5. The van der Waals surface area contributed by atoms with Crippen molar-refractivity contribution in [1.29, 1.82) is 0 Å². The second kappa shape index (κ2) is 11.2. The molecule has 0 aromatic carbocycles. The molecule has 2 saturated carbocycles. The standard InChI is InChI=1S/C31H51N3/c1-10-13-19-27(22(6)21(4)5)33-23(7)30-28-26(31(28,9)11-2)20-34(30)24(8)29(32-12-3)25-17-15-14-16-18-25/h12,25-30,32-33H,3-4,6-8,10-11,13-20H2,1-2,5,9H3/t26-,27?,28-,29?,30?,31?/m0/s1. The van der Waals surface area contributed by atoms with Crippen molar-refractivity contribution < 1.29 is 0 Å². The van der Waals surface area contributed by atoms with E-state index in [0.717, 1.165) is 29.8 Å². The molecular formula is C31H51N3. The van der Waals surface area contributed by atoms with Crippen molar-refractivity contribution in [1.82, 2.24) is 15.5 Å². The Morgan fingerprint density at radius 2 is 1.79 bits per heavy atom. The third kappa shape index (κ3) is 5.19. The molecule has 0 spiro atoms. The highest BCUT2D eigenvalue weighted by atomic mass is 15.3. The van der Waals surface area contributed by atoms with Crippen molar-refractivity contribution in [2.75, 3.05) is 6.54 Å². The van der Waals surface area contributed by atoms with Crippen molar-refractivity contribution in [3.05, 3.63) is 61.6 Å². The summed E-state index contributed by atoms with van der Waals surface area (Å²) in [5, 5.41) is 7.45. The quantitative estimate of drug-likeness (QED) is 0.263. The highest BCUT2D eigenvalue weighted by molar-refractivity contribution is 5.34. The molecular weight excluding hydrogens is 414 g/mol. The number of likely N-dealkylation sites (tertiary alicyclic amines) is 1. The first-order valence-corrected chi connectivity index (χ1v) is 13.8. The summed E-state index contributed by atoms with van der Waals surface area (Å²) in [5.74, 6) is 1.98. The lowest BCUT2D eigenvalue weighted by Crippen LogP contribution is -2.48. The maximum Gasteiger partial charge on any atom is 0.0717 e. The second-order valence-electron chi connectivity index (χ2n) is 11.5. The number of hydrogen-bond donors (Lipinski definition) is 2. The summed E-state index contributed by atoms with van der Waals surface area (Å²) >= 11 is 0. The highest BCUT2D eigenvalue weighted by Crippen LogP contribution is 2.68. The lowest BCUT2D eigenvalue weighted by atomic mass is 9.82. The molecule has 190 valence electrons. The molecule has 3 fully saturated rings. The van der Waals surface area contributed by atoms with Gasteiger partial charge in [-0.3, -0.25) is 0 Å². The summed E-state index contributed by atoms with van der Waals surface area (Å²) in [4.78, 5) is 2.60. The smallest absolute Gasteiger partial charge is 0.0717 e. The molecule has 1 aliphatic heterocycles. The van der Waals surface area contributed by atoms with Crippen molar-refractivity contribution in [3.8, 4) is 0 Å². The van der Waals surface area contributed by atoms with Crippen molar-refractivity contribution in [2.45, 2.75) is 104 Å². The number of hydrogen-bond acceptors (Lipinski definition) is 3. The zero-order valence-electron chi connectivity index (χ0n) is 22.6. The number of nitrogens with zero attached hydrogens (tertiary/aromatic N) is 1. The molecule has 3 heteroatoms. The van der Waals surface area contributed by atoms with Gasteiger partial charge < -0.3 is 15.5 Å². The van der Waals surface area contributed by atoms with Gasteiger partial charge in [0.15, 0.2) is 0 Å². The minimum Gasteiger partial charge on any atom is -0.383 e. The molecule has 1 heterocycles. The lowest BCUT2D eigenvalue weighted by Gasteiger charge is -2.42. The van der Waals surface area contributed by atoms with Crippen molar-refractivity contribution in [3.63, 3.8) is 0 Å². The molecule has 34 heavy (non-hydrogen) atoms. The number of piperidine rings is 1. The number of rotatable bonds is 14. The van der Waals surface area contributed by atoms with Gasteiger partial charge in [0.1, 0.15) is 0 Å². The van der Waals surface area contributed by atoms with Gasteiger partial charge in [-0.15, -0.1) is 0 Å². The Kier molecular flexibility index (Phi) is 8.82. The third-order valence-electron chi connectivity index (χ3n) is 9.44.